The summed E-state index contributed by atoms with van der Waals surface area (Å²) in [6, 6.07) is 0. The summed E-state index contributed by atoms with van der Waals surface area (Å²) in [5.74, 6) is -2.09. The molecule has 4 nitrogen and oxygen atoms in total. The zero-order valence-corrected chi connectivity index (χ0v) is 7.31. The second-order valence-corrected chi connectivity index (χ2v) is 2.58. The molecule has 0 rings (SSSR count). The van der Waals surface area contributed by atoms with E-state index in [0.29, 0.717) is 6.54 Å². The summed E-state index contributed by atoms with van der Waals surface area (Å²) in [7, 11) is 3.46. The maximum Gasteiger partial charge on any atom is 0.473 e. The van der Waals surface area contributed by atoms with Gasteiger partial charge in [-0.2, -0.15) is 13.2 Å². The lowest BCUT2D eigenvalue weighted by molar-refractivity contribution is -0.186. The Labute approximate surface area is 73.6 Å². The second kappa shape index (κ2) is 5.03. The highest BCUT2D eigenvalue weighted by Gasteiger charge is 2.38. The number of hydroxylamine groups is 1. The molecule has 0 aliphatic carbocycles. The van der Waals surface area contributed by atoms with Gasteiger partial charge in [-0.05, 0) is 14.1 Å². The Hall–Kier alpha value is -0.820. The third-order valence-electron chi connectivity index (χ3n) is 1.06. The van der Waals surface area contributed by atoms with Crippen molar-refractivity contribution in [3.63, 3.8) is 0 Å². The zero-order chi connectivity index (χ0) is 10.5. The van der Waals surface area contributed by atoms with E-state index in [1.807, 2.05) is 0 Å². The van der Waals surface area contributed by atoms with Gasteiger partial charge in [0.2, 0.25) is 0 Å². The van der Waals surface area contributed by atoms with Crippen LogP contribution in [0.3, 0.4) is 0 Å². The fraction of sp³-hybridized carbons (Fsp3) is 0.833. The summed E-state index contributed by atoms with van der Waals surface area (Å²) in [5.41, 5.74) is 1.29. The number of hydrogen-bond donors (Lipinski definition) is 1. The Morgan fingerprint density at radius 2 is 2.00 bits per heavy atom. The van der Waals surface area contributed by atoms with Crippen LogP contribution in [0.15, 0.2) is 0 Å². The van der Waals surface area contributed by atoms with Gasteiger partial charge in [0.25, 0.3) is 0 Å². The van der Waals surface area contributed by atoms with Crippen LogP contribution in [0.1, 0.15) is 0 Å². The molecule has 0 unspecified atom stereocenters. The number of rotatable bonds is 4. The molecule has 0 atom stereocenters. The van der Waals surface area contributed by atoms with Gasteiger partial charge in [-0.15, -0.1) is 0 Å². The van der Waals surface area contributed by atoms with E-state index in [4.69, 9.17) is 0 Å². The van der Waals surface area contributed by atoms with Gasteiger partial charge in [-0.3, -0.25) is 9.63 Å². The highest BCUT2D eigenvalue weighted by molar-refractivity contribution is 5.80. The van der Waals surface area contributed by atoms with E-state index in [-0.39, 0.29) is 6.61 Å². The highest BCUT2D eigenvalue weighted by Crippen LogP contribution is 2.13. The minimum atomic E-state index is -4.89. The molecule has 0 fully saturated rings. The number of likely N-dealkylation sites (N-methyl/N-ethyl adjacent to an activating group) is 1. The van der Waals surface area contributed by atoms with Crippen molar-refractivity contribution in [2.45, 2.75) is 6.18 Å². The highest BCUT2D eigenvalue weighted by atomic mass is 19.4. The molecule has 0 aliphatic heterocycles. The Kier molecular flexibility index (Phi) is 4.71. The van der Waals surface area contributed by atoms with Crippen LogP contribution in [0.4, 0.5) is 13.2 Å². The number of nitrogens with zero attached hydrogens (tertiary/aromatic N) is 1. The molecule has 0 saturated carbocycles. The van der Waals surface area contributed by atoms with Gasteiger partial charge < -0.3 is 4.90 Å². The average Bonchev–Trinajstić information content (AvgIpc) is 1.95. The molecule has 1 N–H and O–H groups in total. The van der Waals surface area contributed by atoms with E-state index in [2.05, 4.69) is 4.84 Å². The molecule has 0 spiro atoms. The van der Waals surface area contributed by atoms with Crippen molar-refractivity contribution in [2.24, 2.45) is 0 Å². The molecule has 0 saturated heterocycles. The molecule has 0 radical (unpaired) electrons. The molecular formula is C6H11F3N2O2. The summed E-state index contributed by atoms with van der Waals surface area (Å²) in [6.45, 7) is 0.437. The van der Waals surface area contributed by atoms with Crippen LogP contribution in [0, 0.1) is 0 Å². The third-order valence-corrected chi connectivity index (χ3v) is 1.06. The predicted molar refractivity (Wildman–Crippen MR) is 38.7 cm³/mol. The van der Waals surface area contributed by atoms with Crippen LogP contribution in [0.25, 0.3) is 0 Å². The van der Waals surface area contributed by atoms with Gasteiger partial charge in [0, 0.05) is 6.54 Å². The summed E-state index contributed by atoms with van der Waals surface area (Å²) >= 11 is 0. The van der Waals surface area contributed by atoms with Crippen molar-refractivity contribution in [2.75, 3.05) is 27.2 Å². The Bertz CT molecular complexity index is 170. The molecule has 1 amide bonds. The predicted octanol–water partition coefficient (Wildman–Crippen LogP) is 0.158. The smallest absolute Gasteiger partial charge is 0.307 e. The molecule has 0 aromatic heterocycles. The zero-order valence-electron chi connectivity index (χ0n) is 7.31. The Morgan fingerprint density at radius 1 is 1.46 bits per heavy atom. The van der Waals surface area contributed by atoms with E-state index in [9.17, 15) is 18.0 Å². The Balaban J connectivity index is 3.49. The minimum absolute atomic E-state index is 0.00875. The monoisotopic (exact) mass is 200 g/mol. The fourth-order valence-corrected chi connectivity index (χ4v) is 0.403. The van der Waals surface area contributed by atoms with Crippen molar-refractivity contribution in [1.29, 1.82) is 0 Å². The first-order valence-electron chi connectivity index (χ1n) is 3.47. The SMILES string of the molecule is CN(C)CCONC(=O)C(F)(F)F. The fourth-order valence-electron chi connectivity index (χ4n) is 0.403. The van der Waals surface area contributed by atoms with E-state index < -0.39 is 12.1 Å². The molecule has 7 heteroatoms. The first kappa shape index (κ1) is 12.2. The molecule has 0 aromatic rings. The molecule has 0 heterocycles. The topological polar surface area (TPSA) is 41.6 Å². The molecule has 13 heavy (non-hydrogen) atoms. The van der Waals surface area contributed by atoms with Crippen molar-refractivity contribution < 1.29 is 22.8 Å². The number of hydrogen-bond acceptors (Lipinski definition) is 3. The lowest BCUT2D eigenvalue weighted by atomic mass is 10.6. The summed E-state index contributed by atoms with van der Waals surface area (Å²) in [5, 5.41) is 0. The van der Waals surface area contributed by atoms with Crippen LogP contribution >= 0.6 is 0 Å². The van der Waals surface area contributed by atoms with Gasteiger partial charge in [-0.25, -0.2) is 5.48 Å². The van der Waals surface area contributed by atoms with Crippen molar-refractivity contribution in [3.8, 4) is 0 Å². The van der Waals surface area contributed by atoms with Crippen LogP contribution in [-0.2, 0) is 9.63 Å². The van der Waals surface area contributed by atoms with Crippen molar-refractivity contribution in [3.05, 3.63) is 0 Å². The Morgan fingerprint density at radius 3 is 2.38 bits per heavy atom. The summed E-state index contributed by atoms with van der Waals surface area (Å²) in [6.07, 6.45) is -4.89. The number of carbonyl (C=O) groups is 1. The molecule has 0 aromatic carbocycles. The molecular weight excluding hydrogens is 189 g/mol. The maximum absolute atomic E-state index is 11.5. The van der Waals surface area contributed by atoms with Crippen molar-refractivity contribution in [1.82, 2.24) is 10.4 Å². The number of halogens is 3. The first-order chi connectivity index (χ1) is 5.84. The van der Waals surface area contributed by atoms with Gasteiger partial charge in [-0.1, -0.05) is 0 Å². The second-order valence-electron chi connectivity index (χ2n) is 2.58. The lowest BCUT2D eigenvalue weighted by Crippen LogP contribution is -2.38. The van der Waals surface area contributed by atoms with Gasteiger partial charge >= 0.3 is 12.1 Å². The summed E-state index contributed by atoms with van der Waals surface area (Å²) < 4.78 is 34.6. The van der Waals surface area contributed by atoms with E-state index in [0.717, 1.165) is 0 Å². The van der Waals surface area contributed by atoms with Gasteiger partial charge in [0.15, 0.2) is 0 Å². The molecule has 0 aliphatic rings. The van der Waals surface area contributed by atoms with Crippen molar-refractivity contribution >= 4 is 5.91 Å². The maximum atomic E-state index is 11.5. The van der Waals surface area contributed by atoms with Gasteiger partial charge in [0.1, 0.15) is 0 Å². The van der Waals surface area contributed by atoms with E-state index in [1.54, 1.807) is 19.0 Å². The quantitative estimate of drug-likeness (QED) is 0.519. The third kappa shape index (κ3) is 6.35. The lowest BCUT2D eigenvalue weighted by Gasteiger charge is -2.10. The first-order valence-corrected chi connectivity index (χ1v) is 3.47. The largest absolute Gasteiger partial charge is 0.473 e. The number of nitrogens with one attached hydrogen (secondary N) is 1. The van der Waals surface area contributed by atoms with Crippen LogP contribution < -0.4 is 5.48 Å². The van der Waals surface area contributed by atoms with Crippen LogP contribution in [0.5, 0.6) is 0 Å². The normalized spacial score (nSPS) is 11.8. The standard InChI is InChI=1S/C6H11F3N2O2/c1-11(2)3-4-13-10-5(12)6(7,8)9/h3-4H2,1-2H3,(H,10,12). The molecule has 0 bridgehead atoms. The summed E-state index contributed by atoms with van der Waals surface area (Å²) in [4.78, 5) is 16.1. The van der Waals surface area contributed by atoms with Gasteiger partial charge in [0.05, 0.1) is 6.61 Å². The van der Waals surface area contributed by atoms with E-state index >= 15 is 0 Å². The average molecular weight is 200 g/mol. The number of carbonyl (C=O) groups excluding carboxylic acids is 1. The van der Waals surface area contributed by atoms with E-state index in [1.165, 1.54) is 5.48 Å². The number of alkyl halides is 3. The minimum Gasteiger partial charge on any atom is -0.307 e. The van der Waals surface area contributed by atoms with Crippen LogP contribution in [-0.4, -0.2) is 44.2 Å². The number of amides is 1. The molecule has 78 valence electrons. The van der Waals surface area contributed by atoms with Crippen LogP contribution in [0.2, 0.25) is 0 Å².